The predicted molar refractivity (Wildman–Crippen MR) is 39.8 cm³/mol. The number of nitrogens with zero attached hydrogens (tertiary/aromatic N) is 1. The molecule has 11 heavy (non-hydrogen) atoms. The summed E-state index contributed by atoms with van der Waals surface area (Å²) < 4.78 is 0. The van der Waals surface area contributed by atoms with Crippen molar-refractivity contribution < 1.29 is 9.90 Å². The van der Waals surface area contributed by atoms with Crippen LogP contribution in [-0.2, 0) is 4.79 Å². The molecule has 61 valence electrons. The third-order valence-corrected chi connectivity index (χ3v) is 2.08. The Morgan fingerprint density at radius 2 is 2.09 bits per heavy atom. The average molecular weight is 154 g/mol. The van der Waals surface area contributed by atoms with E-state index in [1.807, 2.05) is 0 Å². The van der Waals surface area contributed by atoms with E-state index in [1.54, 1.807) is 0 Å². The molecule has 0 spiro atoms. The van der Waals surface area contributed by atoms with Crippen molar-refractivity contribution in [3.8, 4) is 0 Å². The first-order valence-electron chi connectivity index (χ1n) is 3.86. The molecule has 0 unspecified atom stereocenters. The topological polar surface area (TPSA) is 40.5 Å². The number of hydrogen-bond donors (Lipinski definition) is 1. The summed E-state index contributed by atoms with van der Waals surface area (Å²) in [7, 11) is 7.23. The van der Waals surface area contributed by atoms with Gasteiger partial charge in [-0.25, -0.2) is 0 Å². The van der Waals surface area contributed by atoms with E-state index in [2.05, 4.69) is 0 Å². The summed E-state index contributed by atoms with van der Waals surface area (Å²) in [5.74, 6) is -0.414. The molecule has 3 radical (unpaired) electrons. The van der Waals surface area contributed by atoms with Gasteiger partial charge in [0.05, 0.1) is 7.05 Å². The molecule has 1 saturated heterocycles. The van der Waals surface area contributed by atoms with Gasteiger partial charge in [0.15, 0.2) is 0 Å². The fourth-order valence-electron chi connectivity index (χ4n) is 1.38. The lowest BCUT2D eigenvalue weighted by atomic mass is 9.94. The van der Waals surface area contributed by atoms with Gasteiger partial charge in [-0.2, -0.15) is 0 Å². The van der Waals surface area contributed by atoms with Crippen LogP contribution in [-0.4, -0.2) is 29.1 Å². The SMILES string of the molecule is [C]N1CCC(CC(=O)O)CC1. The monoisotopic (exact) mass is 154 g/mol. The van der Waals surface area contributed by atoms with Crippen LogP contribution < -0.4 is 0 Å². The van der Waals surface area contributed by atoms with E-state index in [4.69, 9.17) is 12.2 Å². The van der Waals surface area contributed by atoms with Crippen molar-refractivity contribution in [2.75, 3.05) is 13.1 Å². The Morgan fingerprint density at radius 1 is 1.55 bits per heavy atom. The van der Waals surface area contributed by atoms with Crippen LogP contribution >= 0.6 is 0 Å². The minimum absolute atomic E-state index is 0.272. The number of hydrogen-bond acceptors (Lipinski definition) is 2. The van der Waals surface area contributed by atoms with Crippen LogP contribution in [0, 0.1) is 13.0 Å². The Hall–Kier alpha value is -0.570. The standard InChI is InChI=1S/C8H12NO2/c1-9-4-2-7(3-5-9)6-8(10)11/h7H,2-6H2,(H,10,11). The molecule has 3 heteroatoms. The maximum absolute atomic E-state index is 10.3. The summed E-state index contributed by atoms with van der Waals surface area (Å²) in [6.07, 6.45) is 1.99. The number of carboxylic acid groups (broad SMARTS) is 1. The zero-order valence-corrected chi connectivity index (χ0v) is 6.42. The summed E-state index contributed by atoms with van der Waals surface area (Å²) in [5.41, 5.74) is 0. The van der Waals surface area contributed by atoms with Crippen molar-refractivity contribution in [1.29, 1.82) is 0 Å². The number of rotatable bonds is 2. The second-order valence-electron chi connectivity index (χ2n) is 3.03. The van der Waals surface area contributed by atoms with Gasteiger partial charge < -0.3 is 5.11 Å². The normalized spacial score (nSPS) is 21.9. The van der Waals surface area contributed by atoms with Gasteiger partial charge in [-0.15, -0.1) is 0 Å². The molecular formula is C8H12NO2. The highest BCUT2D eigenvalue weighted by molar-refractivity contribution is 5.67. The number of carbonyl (C=O) groups is 1. The summed E-state index contributed by atoms with van der Waals surface area (Å²) in [6, 6.07) is 0. The van der Waals surface area contributed by atoms with Gasteiger partial charge in [0.2, 0.25) is 0 Å². The first-order chi connectivity index (χ1) is 5.18. The summed E-state index contributed by atoms with van der Waals surface area (Å²) in [4.78, 5) is 11.8. The highest BCUT2D eigenvalue weighted by Crippen LogP contribution is 2.19. The smallest absolute Gasteiger partial charge is 0.303 e. The number of piperidine rings is 1. The third kappa shape index (κ3) is 2.89. The fraction of sp³-hybridized carbons (Fsp3) is 0.750. The molecule has 0 aromatic heterocycles. The lowest BCUT2D eigenvalue weighted by Crippen LogP contribution is -2.29. The van der Waals surface area contributed by atoms with Crippen LogP contribution in [0.4, 0.5) is 0 Å². The van der Waals surface area contributed by atoms with Gasteiger partial charge >= 0.3 is 5.97 Å². The molecule has 0 atom stereocenters. The minimum Gasteiger partial charge on any atom is -0.481 e. The molecule has 0 aromatic carbocycles. The van der Waals surface area contributed by atoms with E-state index in [0.717, 1.165) is 25.9 Å². The van der Waals surface area contributed by atoms with Crippen LogP contribution in [0.15, 0.2) is 0 Å². The lowest BCUT2D eigenvalue weighted by Gasteiger charge is -2.26. The van der Waals surface area contributed by atoms with E-state index in [-0.39, 0.29) is 6.42 Å². The Morgan fingerprint density at radius 3 is 2.55 bits per heavy atom. The lowest BCUT2D eigenvalue weighted by molar-refractivity contribution is -0.138. The van der Waals surface area contributed by atoms with Crippen molar-refractivity contribution >= 4 is 5.97 Å². The fourth-order valence-corrected chi connectivity index (χ4v) is 1.38. The molecule has 1 aliphatic heterocycles. The Kier molecular flexibility index (Phi) is 2.88. The van der Waals surface area contributed by atoms with Gasteiger partial charge in [-0.1, -0.05) is 0 Å². The maximum atomic E-state index is 10.3. The summed E-state index contributed by atoms with van der Waals surface area (Å²) >= 11 is 0. The molecule has 1 heterocycles. The Bertz CT molecular complexity index is 139. The van der Waals surface area contributed by atoms with E-state index < -0.39 is 5.97 Å². The first kappa shape index (κ1) is 8.53. The van der Waals surface area contributed by atoms with E-state index >= 15 is 0 Å². The molecule has 0 amide bonds. The van der Waals surface area contributed by atoms with E-state index in [0.29, 0.717) is 5.92 Å². The second kappa shape index (κ2) is 3.72. The van der Waals surface area contributed by atoms with Crippen LogP contribution in [0.1, 0.15) is 19.3 Å². The highest BCUT2D eigenvalue weighted by atomic mass is 16.4. The zero-order valence-electron chi connectivity index (χ0n) is 6.42. The Labute approximate surface area is 67.0 Å². The van der Waals surface area contributed by atoms with Gasteiger partial charge in [0.1, 0.15) is 0 Å². The summed E-state index contributed by atoms with van der Waals surface area (Å²) in [5, 5.41) is 8.47. The first-order valence-corrected chi connectivity index (χ1v) is 3.86. The largest absolute Gasteiger partial charge is 0.481 e. The van der Waals surface area contributed by atoms with Crippen LogP contribution in [0.3, 0.4) is 0 Å². The summed E-state index contributed by atoms with van der Waals surface area (Å²) in [6.45, 7) is 1.44. The van der Waals surface area contributed by atoms with Crippen LogP contribution in [0.25, 0.3) is 0 Å². The number of carboxylic acids is 1. The molecule has 3 nitrogen and oxygen atoms in total. The third-order valence-electron chi connectivity index (χ3n) is 2.08. The molecule has 0 saturated carbocycles. The van der Waals surface area contributed by atoms with Gasteiger partial charge in [-0.3, -0.25) is 9.69 Å². The quantitative estimate of drug-likeness (QED) is 0.637. The molecular weight excluding hydrogens is 142 g/mol. The van der Waals surface area contributed by atoms with Gasteiger partial charge in [0.25, 0.3) is 0 Å². The molecule has 1 rings (SSSR count). The van der Waals surface area contributed by atoms with Crippen molar-refractivity contribution in [2.45, 2.75) is 19.3 Å². The zero-order chi connectivity index (χ0) is 8.27. The van der Waals surface area contributed by atoms with E-state index in [9.17, 15) is 4.79 Å². The molecule has 0 aromatic rings. The van der Waals surface area contributed by atoms with Crippen LogP contribution in [0.5, 0.6) is 0 Å². The van der Waals surface area contributed by atoms with Gasteiger partial charge in [-0.05, 0) is 31.8 Å². The van der Waals surface area contributed by atoms with Gasteiger partial charge in [0, 0.05) is 6.42 Å². The highest BCUT2D eigenvalue weighted by Gasteiger charge is 2.18. The van der Waals surface area contributed by atoms with Crippen molar-refractivity contribution in [2.24, 2.45) is 5.92 Å². The Balaban J connectivity index is 2.22. The second-order valence-corrected chi connectivity index (χ2v) is 3.03. The molecule has 0 aliphatic carbocycles. The molecule has 0 bridgehead atoms. The van der Waals surface area contributed by atoms with Crippen molar-refractivity contribution in [3.05, 3.63) is 7.05 Å². The average Bonchev–Trinajstić information content (AvgIpc) is 1.93. The van der Waals surface area contributed by atoms with Crippen molar-refractivity contribution in [1.82, 2.24) is 4.90 Å². The van der Waals surface area contributed by atoms with Crippen molar-refractivity contribution in [3.63, 3.8) is 0 Å². The predicted octanol–water partition coefficient (Wildman–Crippen LogP) is 0.719. The molecule has 1 N–H and O–H groups in total. The minimum atomic E-state index is -0.714. The number of likely N-dealkylation sites (tertiary alicyclic amines) is 1. The number of aliphatic carboxylic acids is 1. The molecule has 1 fully saturated rings. The van der Waals surface area contributed by atoms with E-state index in [1.165, 1.54) is 4.90 Å². The van der Waals surface area contributed by atoms with Crippen LogP contribution in [0.2, 0.25) is 0 Å². The molecule has 1 aliphatic rings. The maximum Gasteiger partial charge on any atom is 0.303 e.